The molecule has 0 aliphatic carbocycles. The quantitative estimate of drug-likeness (QED) is 0.408. The van der Waals surface area contributed by atoms with Crippen LogP contribution in [0.4, 0.5) is 0 Å². The van der Waals surface area contributed by atoms with Crippen molar-refractivity contribution in [1.29, 1.82) is 0 Å². The highest BCUT2D eigenvalue weighted by atomic mass is 16.2. The Hall–Kier alpha value is -1.49. The van der Waals surface area contributed by atoms with E-state index in [0.29, 0.717) is 6.29 Å². The molecule has 0 aromatic carbocycles. The number of carbonyl (C=O) groups is 3. The zero-order chi connectivity index (χ0) is 9.14. The van der Waals surface area contributed by atoms with Gasteiger partial charge in [0.15, 0.2) is 0 Å². The summed E-state index contributed by atoms with van der Waals surface area (Å²) in [6.07, 6.45) is 2.73. The van der Waals surface area contributed by atoms with Crippen LogP contribution in [0.1, 0.15) is 0 Å². The average molecular weight is 168 g/mol. The Balaban J connectivity index is 2.80. The molecule has 5 nitrogen and oxygen atoms in total. The molecule has 0 saturated heterocycles. The molecular weight excluding hydrogens is 160 g/mol. The first kappa shape index (κ1) is 8.61. The highest BCUT2D eigenvalue weighted by Gasteiger charge is 2.29. The van der Waals surface area contributed by atoms with Crippen LogP contribution in [-0.2, 0) is 14.4 Å². The fourth-order valence-electron chi connectivity index (χ4n) is 0.960. The molecule has 1 aliphatic rings. The zero-order valence-corrected chi connectivity index (χ0v) is 6.27. The number of nitrogens with two attached hydrogens (primary N) is 1. The van der Waals surface area contributed by atoms with Gasteiger partial charge in [0.05, 0.1) is 0 Å². The molecule has 0 spiro atoms. The van der Waals surface area contributed by atoms with Crippen molar-refractivity contribution in [3.63, 3.8) is 0 Å². The summed E-state index contributed by atoms with van der Waals surface area (Å²) in [5.74, 6) is -0.967. The van der Waals surface area contributed by atoms with Crippen molar-refractivity contribution in [1.82, 2.24) is 4.90 Å². The lowest BCUT2D eigenvalue weighted by molar-refractivity contribution is -0.141. The molecule has 2 N–H and O–H groups in total. The lowest BCUT2D eigenvalue weighted by Gasteiger charge is -2.18. The van der Waals surface area contributed by atoms with Crippen LogP contribution in [0.5, 0.6) is 0 Å². The molecule has 2 amide bonds. The van der Waals surface area contributed by atoms with Crippen LogP contribution >= 0.6 is 0 Å². The third-order valence-corrected chi connectivity index (χ3v) is 1.57. The van der Waals surface area contributed by atoms with E-state index < -0.39 is 17.9 Å². The Morgan fingerprint density at radius 3 is 2.25 bits per heavy atom. The van der Waals surface area contributed by atoms with E-state index >= 15 is 0 Å². The van der Waals surface area contributed by atoms with E-state index in [1.807, 2.05) is 0 Å². The summed E-state index contributed by atoms with van der Waals surface area (Å²) < 4.78 is 0. The summed E-state index contributed by atoms with van der Waals surface area (Å²) in [7, 11) is 0. The fourth-order valence-corrected chi connectivity index (χ4v) is 0.960. The average Bonchev–Trinajstić information content (AvgIpc) is 2.38. The van der Waals surface area contributed by atoms with Gasteiger partial charge in [-0.15, -0.1) is 0 Å². The minimum atomic E-state index is -0.833. The minimum Gasteiger partial charge on any atom is -0.328 e. The van der Waals surface area contributed by atoms with Gasteiger partial charge in [0, 0.05) is 18.7 Å². The molecule has 1 atom stereocenters. The van der Waals surface area contributed by atoms with Crippen LogP contribution in [-0.4, -0.2) is 35.6 Å². The summed E-state index contributed by atoms with van der Waals surface area (Å²) >= 11 is 0. The number of aldehydes is 1. The second-order valence-electron chi connectivity index (χ2n) is 2.32. The molecule has 5 heteroatoms. The van der Waals surface area contributed by atoms with Crippen molar-refractivity contribution < 1.29 is 14.4 Å². The van der Waals surface area contributed by atoms with E-state index in [9.17, 15) is 14.4 Å². The predicted molar refractivity (Wildman–Crippen MR) is 39.9 cm³/mol. The van der Waals surface area contributed by atoms with E-state index in [-0.39, 0.29) is 6.54 Å². The van der Waals surface area contributed by atoms with Gasteiger partial charge in [0.1, 0.15) is 12.3 Å². The summed E-state index contributed by atoms with van der Waals surface area (Å²) in [5, 5.41) is 0. The normalized spacial score (nSPS) is 18.6. The molecule has 12 heavy (non-hydrogen) atoms. The molecule has 0 bridgehead atoms. The molecular formula is C7H8N2O3. The van der Waals surface area contributed by atoms with Crippen molar-refractivity contribution in [2.24, 2.45) is 5.73 Å². The Kier molecular flexibility index (Phi) is 2.35. The van der Waals surface area contributed by atoms with E-state index in [0.717, 1.165) is 17.1 Å². The first-order chi connectivity index (χ1) is 5.70. The topological polar surface area (TPSA) is 80.5 Å². The van der Waals surface area contributed by atoms with Gasteiger partial charge in [-0.2, -0.15) is 0 Å². The lowest BCUT2D eigenvalue weighted by atomic mass is 10.3. The van der Waals surface area contributed by atoms with Crippen LogP contribution in [0.25, 0.3) is 0 Å². The van der Waals surface area contributed by atoms with E-state index in [1.54, 1.807) is 0 Å². The highest BCUT2D eigenvalue weighted by Crippen LogP contribution is 2.06. The van der Waals surface area contributed by atoms with Crippen LogP contribution in [0.15, 0.2) is 12.2 Å². The van der Waals surface area contributed by atoms with Crippen LogP contribution < -0.4 is 5.73 Å². The summed E-state index contributed by atoms with van der Waals surface area (Å²) in [4.78, 5) is 33.1. The Labute approximate surface area is 68.8 Å². The van der Waals surface area contributed by atoms with Crippen LogP contribution in [0.3, 0.4) is 0 Å². The third kappa shape index (κ3) is 1.26. The SMILES string of the molecule is NC[C@@H](C=O)N1C(=O)C=CC1=O. The second kappa shape index (κ2) is 3.27. The van der Waals surface area contributed by atoms with Crippen LogP contribution in [0.2, 0.25) is 0 Å². The smallest absolute Gasteiger partial charge is 0.254 e. The van der Waals surface area contributed by atoms with Crippen molar-refractivity contribution >= 4 is 18.1 Å². The molecule has 0 unspecified atom stereocenters. The second-order valence-corrected chi connectivity index (χ2v) is 2.32. The molecule has 0 aromatic rings. The van der Waals surface area contributed by atoms with Gasteiger partial charge >= 0.3 is 0 Å². The summed E-state index contributed by atoms with van der Waals surface area (Å²) in [6, 6.07) is -0.833. The number of imide groups is 1. The highest BCUT2D eigenvalue weighted by molar-refractivity contribution is 6.14. The van der Waals surface area contributed by atoms with Crippen LogP contribution in [0, 0.1) is 0 Å². The van der Waals surface area contributed by atoms with Crippen molar-refractivity contribution in [2.45, 2.75) is 6.04 Å². The number of amides is 2. The van der Waals surface area contributed by atoms with Gasteiger partial charge in [-0.3, -0.25) is 14.5 Å². The standard InChI is InChI=1S/C7H8N2O3/c8-3-5(4-10)9-6(11)1-2-7(9)12/h1-2,4-5H,3,8H2/t5-/m0/s1. The van der Waals surface area contributed by atoms with E-state index in [4.69, 9.17) is 5.73 Å². The molecule has 1 aliphatic heterocycles. The fraction of sp³-hybridized carbons (Fsp3) is 0.286. The Morgan fingerprint density at radius 1 is 1.42 bits per heavy atom. The summed E-state index contributed by atoms with van der Waals surface area (Å²) in [5.41, 5.74) is 5.18. The predicted octanol–water partition coefficient (Wildman–Crippen LogP) is -1.56. The third-order valence-electron chi connectivity index (χ3n) is 1.57. The molecule has 1 heterocycles. The molecule has 64 valence electrons. The van der Waals surface area contributed by atoms with Gasteiger partial charge in [0.2, 0.25) is 0 Å². The van der Waals surface area contributed by atoms with Crippen molar-refractivity contribution in [3.05, 3.63) is 12.2 Å². The molecule has 0 radical (unpaired) electrons. The van der Waals surface area contributed by atoms with Crippen molar-refractivity contribution in [3.8, 4) is 0 Å². The number of carbonyl (C=O) groups excluding carboxylic acids is 3. The Morgan fingerprint density at radius 2 is 1.92 bits per heavy atom. The van der Waals surface area contributed by atoms with Crippen molar-refractivity contribution in [2.75, 3.05) is 6.54 Å². The molecule has 0 saturated carbocycles. The maximum atomic E-state index is 10.9. The minimum absolute atomic E-state index is 0.0390. The van der Waals surface area contributed by atoms with E-state index in [2.05, 4.69) is 0 Å². The Bertz CT molecular complexity index is 241. The molecule has 1 rings (SSSR count). The van der Waals surface area contributed by atoms with Gasteiger partial charge in [-0.05, 0) is 0 Å². The lowest BCUT2D eigenvalue weighted by Crippen LogP contribution is -2.45. The first-order valence-electron chi connectivity index (χ1n) is 3.41. The van der Waals surface area contributed by atoms with Gasteiger partial charge in [0.25, 0.3) is 11.8 Å². The first-order valence-corrected chi connectivity index (χ1v) is 3.41. The number of nitrogens with zero attached hydrogens (tertiary/aromatic N) is 1. The number of rotatable bonds is 3. The zero-order valence-electron chi connectivity index (χ0n) is 6.27. The maximum Gasteiger partial charge on any atom is 0.254 e. The number of hydrogen-bond donors (Lipinski definition) is 1. The monoisotopic (exact) mass is 168 g/mol. The molecule has 0 aromatic heterocycles. The molecule has 0 fully saturated rings. The maximum absolute atomic E-state index is 10.9. The van der Waals surface area contributed by atoms with Gasteiger partial charge in [-0.25, -0.2) is 0 Å². The summed E-state index contributed by atoms with van der Waals surface area (Å²) in [6.45, 7) is -0.0390. The van der Waals surface area contributed by atoms with Gasteiger partial charge < -0.3 is 10.5 Å². The van der Waals surface area contributed by atoms with Gasteiger partial charge in [-0.1, -0.05) is 0 Å². The number of hydrogen-bond acceptors (Lipinski definition) is 4. The van der Waals surface area contributed by atoms with E-state index in [1.165, 1.54) is 0 Å². The largest absolute Gasteiger partial charge is 0.328 e.